The van der Waals surface area contributed by atoms with Crippen LogP contribution in [0.3, 0.4) is 0 Å². The minimum absolute atomic E-state index is 0.108. The van der Waals surface area contributed by atoms with Crippen LogP contribution in [0, 0.1) is 45.3 Å². The van der Waals surface area contributed by atoms with Gasteiger partial charge in [0.2, 0.25) is 0 Å². The molecule has 0 bridgehead atoms. The smallest absolute Gasteiger partial charge is 0.187 e. The van der Waals surface area contributed by atoms with Crippen molar-refractivity contribution in [2.24, 2.45) is 45.3 Å². The fraction of sp³-hybridized carbons (Fsp3) is 0.944. The van der Waals surface area contributed by atoms with Gasteiger partial charge in [-0.1, -0.05) is 46.8 Å². The van der Waals surface area contributed by atoms with Gasteiger partial charge >= 0.3 is 0 Å². The lowest BCUT2D eigenvalue weighted by Gasteiger charge is -2.71. The molecular weight excluding hydrogens is 608 g/mol. The molecule has 0 aromatic carbocycles. The lowest BCUT2D eigenvalue weighted by molar-refractivity contribution is -0.335. The highest BCUT2D eigenvalue weighted by Gasteiger charge is 2.73. The van der Waals surface area contributed by atoms with E-state index in [-0.39, 0.29) is 40.9 Å². The molecule has 1 aliphatic heterocycles. The van der Waals surface area contributed by atoms with Crippen molar-refractivity contribution in [3.63, 3.8) is 0 Å². The molecule has 0 spiro atoms. The second kappa shape index (κ2) is 12.5. The normalized spacial score (nSPS) is 51.2. The van der Waals surface area contributed by atoms with Crippen LogP contribution in [0.1, 0.15) is 100 Å². The maximum atomic E-state index is 12.3. The van der Waals surface area contributed by atoms with Gasteiger partial charge < -0.3 is 45.2 Å². The maximum absolute atomic E-state index is 12.3. The van der Waals surface area contributed by atoms with Crippen molar-refractivity contribution in [1.82, 2.24) is 0 Å². The van der Waals surface area contributed by atoms with E-state index in [1.165, 1.54) is 0 Å². The van der Waals surface area contributed by atoms with Crippen LogP contribution in [-0.4, -0.2) is 108 Å². The quantitative estimate of drug-likeness (QED) is 0.108. The summed E-state index contributed by atoms with van der Waals surface area (Å²) >= 11 is 0. The average molecular weight is 671 g/mol. The topological polar surface area (TPSA) is 190 Å². The highest BCUT2D eigenvalue weighted by Crippen LogP contribution is 2.76. The lowest BCUT2D eigenvalue weighted by Crippen LogP contribution is -2.70. The van der Waals surface area contributed by atoms with Crippen LogP contribution in [0.25, 0.3) is 0 Å². The van der Waals surface area contributed by atoms with Gasteiger partial charge in [-0.15, -0.1) is 0 Å². The predicted molar refractivity (Wildman–Crippen MR) is 173 cm³/mol. The predicted octanol–water partition coefficient (Wildman–Crippen LogP) is 2.76. The van der Waals surface area contributed by atoms with Crippen LogP contribution in [-0.2, 0) is 14.4 Å². The van der Waals surface area contributed by atoms with E-state index in [4.69, 9.17) is 9.47 Å². The molecule has 4 aliphatic carbocycles. The Bertz CT molecular complexity index is 1160. The SMILES string of the molecule is CC(C)(/C=C/C[C@](C)(O[C@@H]1O[C@H](CO)[C@@H](O)[C@H](O)[C@H]1O)[C@H]1CC[C@]2(C)C1[C@H](O)C[C@@H]1[C@@]3(C)CC[C@H](O)C(C)(C)C3[C@@H](O)C[C@]12C)OO. The van der Waals surface area contributed by atoms with Gasteiger partial charge in [0.25, 0.3) is 0 Å². The van der Waals surface area contributed by atoms with Gasteiger partial charge in [0.15, 0.2) is 6.29 Å². The van der Waals surface area contributed by atoms with Crippen molar-refractivity contribution < 1.29 is 55.4 Å². The summed E-state index contributed by atoms with van der Waals surface area (Å²) in [6, 6.07) is 0. The molecule has 5 fully saturated rings. The molecule has 11 heteroatoms. The molecule has 272 valence electrons. The Labute approximate surface area is 279 Å². The highest BCUT2D eigenvalue weighted by molar-refractivity contribution is 5.22. The monoisotopic (exact) mass is 670 g/mol. The summed E-state index contributed by atoms with van der Waals surface area (Å²) < 4.78 is 12.5. The second-order valence-corrected chi connectivity index (χ2v) is 17.9. The number of hydrogen-bond donors (Lipinski definition) is 8. The molecule has 5 aliphatic rings. The van der Waals surface area contributed by atoms with Crippen LogP contribution in [0.15, 0.2) is 12.2 Å². The molecule has 16 atom stereocenters. The molecular formula is C36H62O11. The van der Waals surface area contributed by atoms with Crippen LogP contribution in [0.2, 0.25) is 0 Å². The number of ether oxygens (including phenoxy) is 2. The van der Waals surface area contributed by atoms with Crippen LogP contribution < -0.4 is 0 Å². The Kier molecular flexibility index (Phi) is 10.00. The number of hydrogen-bond acceptors (Lipinski definition) is 11. The summed E-state index contributed by atoms with van der Waals surface area (Å²) in [6.07, 6.45) is -1.18. The third-order valence-electron chi connectivity index (χ3n) is 14.5. The van der Waals surface area contributed by atoms with E-state index in [0.29, 0.717) is 25.7 Å². The molecule has 0 aromatic heterocycles. The molecule has 1 heterocycles. The Morgan fingerprint density at radius 3 is 2.13 bits per heavy atom. The van der Waals surface area contributed by atoms with E-state index >= 15 is 0 Å². The first kappa shape index (κ1) is 37.6. The molecule has 8 N–H and O–H groups in total. The maximum Gasteiger partial charge on any atom is 0.187 e. The third-order valence-corrected chi connectivity index (χ3v) is 14.5. The van der Waals surface area contributed by atoms with Crippen molar-refractivity contribution in [3.05, 3.63) is 12.2 Å². The zero-order valence-electron chi connectivity index (χ0n) is 29.5. The van der Waals surface area contributed by atoms with Gasteiger partial charge in [-0.3, -0.25) is 5.26 Å². The summed E-state index contributed by atoms with van der Waals surface area (Å²) in [6.45, 7) is 15.7. The van der Waals surface area contributed by atoms with E-state index < -0.39 is 77.7 Å². The largest absolute Gasteiger partial charge is 0.394 e. The lowest BCUT2D eigenvalue weighted by atomic mass is 9.34. The Morgan fingerprint density at radius 1 is 0.851 bits per heavy atom. The summed E-state index contributed by atoms with van der Waals surface area (Å²) in [5.74, 6) is -0.486. The summed E-state index contributed by atoms with van der Waals surface area (Å²) in [7, 11) is 0. The van der Waals surface area contributed by atoms with Gasteiger partial charge in [0.1, 0.15) is 30.0 Å². The molecule has 0 aromatic rings. The Balaban J connectivity index is 1.52. The molecule has 5 rings (SSSR count). The zero-order chi connectivity index (χ0) is 35.1. The average Bonchev–Trinajstić information content (AvgIpc) is 3.37. The second-order valence-electron chi connectivity index (χ2n) is 17.9. The molecule has 2 unspecified atom stereocenters. The van der Waals surface area contributed by atoms with Crippen LogP contribution in [0.5, 0.6) is 0 Å². The molecule has 11 nitrogen and oxygen atoms in total. The molecule has 0 amide bonds. The van der Waals surface area contributed by atoms with Gasteiger partial charge in [-0.05, 0) is 111 Å². The summed E-state index contributed by atoms with van der Waals surface area (Å²) in [5.41, 5.74) is -3.53. The highest BCUT2D eigenvalue weighted by atomic mass is 17.1. The first-order valence-corrected chi connectivity index (χ1v) is 17.7. The first-order chi connectivity index (χ1) is 21.6. The number of aliphatic hydroxyl groups is 7. The van der Waals surface area contributed by atoms with Crippen LogP contribution in [0.4, 0.5) is 0 Å². The number of rotatable bonds is 8. The van der Waals surface area contributed by atoms with E-state index in [1.54, 1.807) is 19.9 Å². The van der Waals surface area contributed by atoms with E-state index in [0.717, 1.165) is 12.8 Å². The zero-order valence-corrected chi connectivity index (χ0v) is 29.5. The summed E-state index contributed by atoms with van der Waals surface area (Å²) in [4.78, 5) is 4.61. The van der Waals surface area contributed by atoms with Crippen molar-refractivity contribution >= 4 is 0 Å². The Morgan fingerprint density at radius 2 is 1.51 bits per heavy atom. The Hall–Kier alpha value is -0.700. The molecule has 0 radical (unpaired) electrons. The van der Waals surface area contributed by atoms with E-state index in [9.17, 15) is 41.0 Å². The van der Waals surface area contributed by atoms with Crippen molar-refractivity contribution in [2.45, 2.75) is 161 Å². The van der Waals surface area contributed by atoms with Gasteiger partial charge in [0.05, 0.1) is 30.5 Å². The van der Waals surface area contributed by atoms with E-state index in [2.05, 4.69) is 39.5 Å². The fourth-order valence-electron chi connectivity index (χ4n) is 11.9. The minimum Gasteiger partial charge on any atom is -0.394 e. The minimum atomic E-state index is -1.60. The van der Waals surface area contributed by atoms with Crippen molar-refractivity contribution in [2.75, 3.05) is 6.61 Å². The van der Waals surface area contributed by atoms with Crippen molar-refractivity contribution in [3.8, 4) is 0 Å². The van der Waals surface area contributed by atoms with E-state index in [1.807, 2.05) is 13.0 Å². The first-order valence-electron chi connectivity index (χ1n) is 17.7. The number of aliphatic hydroxyl groups excluding tert-OH is 7. The third kappa shape index (κ3) is 5.77. The van der Waals surface area contributed by atoms with Crippen LogP contribution >= 0.6 is 0 Å². The summed E-state index contributed by atoms with van der Waals surface area (Å²) in [5, 5.41) is 86.4. The van der Waals surface area contributed by atoms with Gasteiger partial charge in [0, 0.05) is 0 Å². The molecule has 4 saturated carbocycles. The van der Waals surface area contributed by atoms with Gasteiger partial charge in [-0.25, -0.2) is 4.89 Å². The molecule has 47 heavy (non-hydrogen) atoms. The number of fused-ring (bicyclic) bond motifs is 5. The molecule has 1 saturated heterocycles. The fourth-order valence-corrected chi connectivity index (χ4v) is 11.9. The van der Waals surface area contributed by atoms with Crippen molar-refractivity contribution in [1.29, 1.82) is 0 Å². The van der Waals surface area contributed by atoms with Gasteiger partial charge in [-0.2, -0.15) is 0 Å². The standard InChI is InChI=1S/C36H62O11/c1-31(2,47-44)12-9-13-36(8,46-30-28(43)27(42)26(41)22(18-37)45-30)19-10-15-34(6)25(19)20(38)16-23-33(5)14-11-24(40)32(3,4)29(33)21(39)17-35(23,34)7/h9,12,19-30,37-44H,10-11,13-18H2,1-8H3/b12-9+/t19-,20+,21-,22+,23+,24-,25?,26+,27-,28+,29?,30-,33+,34+,35+,36-/m0/s1.